The second kappa shape index (κ2) is 52.2. The number of rotatable bonds is 56. The number of unbranched alkanes of at least 4 members (excludes halogenated alkanes) is 2. The summed E-state index contributed by atoms with van der Waals surface area (Å²) in [6.07, 6.45) is -3.26. The summed E-state index contributed by atoms with van der Waals surface area (Å²) in [5, 5.41) is 90.2. The highest BCUT2D eigenvalue weighted by atomic mass is 32.2. The van der Waals surface area contributed by atoms with Gasteiger partial charge in [0.1, 0.15) is 84.6 Å². The lowest BCUT2D eigenvalue weighted by Crippen LogP contribution is -2.61. The zero-order valence-corrected chi connectivity index (χ0v) is 62.6. The topological polar surface area (TPSA) is 718 Å². The quantitative estimate of drug-likeness (QED) is 0.0252. The molecule has 0 fully saturated rings. The predicted octanol–water partition coefficient (Wildman–Crippen LogP) is -8.81. The van der Waals surface area contributed by atoms with E-state index in [1.807, 2.05) is 0 Å². The van der Waals surface area contributed by atoms with Crippen LogP contribution in [0.15, 0.2) is 0 Å². The van der Waals surface area contributed by atoms with Crippen LogP contribution in [0.3, 0.4) is 0 Å². The van der Waals surface area contributed by atoms with Crippen LogP contribution < -0.4 is 97.4 Å². The summed E-state index contributed by atoms with van der Waals surface area (Å²) in [6.45, 7) is 7.56. The number of aliphatic carboxylic acids is 4. The molecule has 0 unspecified atom stereocenters. The second-order valence-corrected chi connectivity index (χ2v) is 26.8. The molecule has 0 aromatic rings. The van der Waals surface area contributed by atoms with E-state index in [0.29, 0.717) is 18.6 Å². The van der Waals surface area contributed by atoms with Gasteiger partial charge in [-0.2, -0.15) is 11.8 Å². The van der Waals surface area contributed by atoms with Gasteiger partial charge in [0.05, 0.1) is 19.3 Å². The van der Waals surface area contributed by atoms with Gasteiger partial charge in [0.25, 0.3) is 0 Å². The third-order valence-corrected chi connectivity index (χ3v) is 16.6. The number of aliphatic hydroxyl groups is 2. The van der Waals surface area contributed by atoms with Crippen molar-refractivity contribution >= 4 is 124 Å². The monoisotopic (exact) mass is 1560 g/mol. The van der Waals surface area contributed by atoms with Crippen molar-refractivity contribution in [2.75, 3.05) is 38.2 Å². The van der Waals surface area contributed by atoms with E-state index < -0.39 is 274 Å². The molecule has 0 saturated heterocycles. The van der Waals surface area contributed by atoms with Gasteiger partial charge in [0, 0.05) is 25.7 Å². The SMILES string of the molecule is CSCC[C@H](NC(=O)[C@@H](N)[C@@H](C)O)C(=O)N[C@@H](CCC(N)=O)C(=O)N[C@@H](C)C(=O)N[C@@H](CO)C(=O)N[C@@H](CC(C)C)C(=O)N[C@@H](CCC(=O)O)C(=O)N[C@@H](C)C(=O)N[C@@H](CCC(=O)O)C(=O)N[C@@H](C)C(=O)N[C@@H](CCCCN)C(=O)NCC(=O)N[C@@H](CCCCN)C(=O)N[C@@H](C)C(=O)N[C@@H](CCC(=O)O)C(=O)O. The average molecular weight is 1560 g/mol. The summed E-state index contributed by atoms with van der Waals surface area (Å²) < 4.78 is 0. The predicted molar refractivity (Wildman–Crippen MR) is 382 cm³/mol. The van der Waals surface area contributed by atoms with Crippen LogP contribution in [0.2, 0.25) is 0 Å². The highest BCUT2D eigenvalue weighted by Gasteiger charge is 2.37. The fourth-order valence-corrected chi connectivity index (χ4v) is 10.1. The molecule has 0 aromatic carbocycles. The fourth-order valence-electron chi connectivity index (χ4n) is 9.62. The summed E-state index contributed by atoms with van der Waals surface area (Å²) >= 11 is 1.31. The molecule has 0 rings (SSSR count). The summed E-state index contributed by atoms with van der Waals surface area (Å²) in [4.78, 5) is 247. The van der Waals surface area contributed by atoms with Crippen molar-refractivity contribution in [3.05, 3.63) is 0 Å². The maximum atomic E-state index is 14.0. The molecule has 0 radical (unpaired) electrons. The molecule has 15 atom stereocenters. The number of hydrogen-bond donors (Lipinski definition) is 24. The van der Waals surface area contributed by atoms with Crippen LogP contribution in [0.1, 0.15) is 151 Å². The van der Waals surface area contributed by atoms with E-state index in [1.165, 1.54) is 25.6 Å². The molecule has 28 N–H and O–H groups in total. The third-order valence-electron chi connectivity index (χ3n) is 16.0. The Kier molecular flexibility index (Phi) is 47.4. The van der Waals surface area contributed by atoms with E-state index in [0.717, 1.165) is 20.8 Å². The number of aliphatic hydroxyl groups excluding tert-OH is 2. The van der Waals surface area contributed by atoms with E-state index in [-0.39, 0.29) is 51.6 Å². The zero-order chi connectivity index (χ0) is 82.7. The van der Waals surface area contributed by atoms with E-state index >= 15 is 0 Å². The molecule has 0 saturated carbocycles. The van der Waals surface area contributed by atoms with Gasteiger partial charge in [-0.3, -0.25) is 86.3 Å². The molecule has 0 aliphatic rings. The van der Waals surface area contributed by atoms with Crippen LogP contribution in [-0.4, -0.2) is 272 Å². The van der Waals surface area contributed by atoms with Gasteiger partial charge in [-0.05, 0) is 143 Å². The van der Waals surface area contributed by atoms with Gasteiger partial charge >= 0.3 is 23.9 Å². The summed E-state index contributed by atoms with van der Waals surface area (Å²) in [5.74, 6) is -21.2. The molecule has 0 aromatic heterocycles. The molecule has 0 spiro atoms. The summed E-state index contributed by atoms with van der Waals surface area (Å²) in [6, 6.07) is -21.7. The molecule has 0 heterocycles. The Morgan fingerprint density at radius 1 is 0.361 bits per heavy atom. The van der Waals surface area contributed by atoms with Gasteiger partial charge < -0.3 is 128 Å². The molecule has 108 heavy (non-hydrogen) atoms. The molecule has 43 nitrogen and oxygen atoms in total. The standard InChI is InChI=1S/C64H110N18O25S/c1-30(2)27-43(81-62(104)44(29-83)82-54(96)34(6)73-57(99)38(15-19-45(67)85)77-60(102)41(23-26-108-8)79-63(105)50(68)35(7)84)61(103)78-40(17-21-48(89)90)59(101)72-32(4)52(94)76-39(16-20-47(87)88)58(100)71-31(3)51(93)75-36(13-9-11-24-65)55(97)69-28-46(86)74-37(14-10-12-25-66)56(98)70-33(5)53(95)80-42(64(106)107)18-22-49(91)92/h30-44,50,83-84H,9-29,65-66,68H2,1-8H3,(H2,67,85)(H,69,97)(H,70,98)(H,71,100)(H,72,101)(H,73,99)(H,74,86)(H,75,93)(H,76,94)(H,77,102)(H,78,103)(H,79,105)(H,80,95)(H,81,104)(H,82,96)(H,87,88)(H,89,90)(H,91,92)(H,106,107)/t31-,32-,33-,34-,35+,36-,37-,38-,39-,40-,41-,42-,43-,44-,50-/m0/s1. The Hall–Kier alpha value is -9.92. The van der Waals surface area contributed by atoms with Gasteiger partial charge in [-0.15, -0.1) is 0 Å². The van der Waals surface area contributed by atoms with E-state index in [2.05, 4.69) is 74.4 Å². The minimum atomic E-state index is -1.85. The lowest BCUT2D eigenvalue weighted by Gasteiger charge is -2.27. The number of nitrogens with one attached hydrogen (secondary N) is 14. The first kappa shape index (κ1) is 98.1. The van der Waals surface area contributed by atoms with Crippen LogP contribution in [0.5, 0.6) is 0 Å². The average Bonchev–Trinajstić information content (AvgIpc) is 0.864. The van der Waals surface area contributed by atoms with Gasteiger partial charge in [0.15, 0.2) is 0 Å². The first-order valence-electron chi connectivity index (χ1n) is 34.9. The minimum Gasteiger partial charge on any atom is -0.481 e. The highest BCUT2D eigenvalue weighted by molar-refractivity contribution is 7.98. The lowest BCUT2D eigenvalue weighted by molar-refractivity contribution is -0.143. The van der Waals surface area contributed by atoms with Crippen LogP contribution in [0.4, 0.5) is 0 Å². The number of carboxylic acid groups (broad SMARTS) is 4. The maximum absolute atomic E-state index is 14.0. The zero-order valence-electron chi connectivity index (χ0n) is 61.7. The minimum absolute atomic E-state index is 0.0226. The maximum Gasteiger partial charge on any atom is 0.326 e. The molecule has 0 aliphatic heterocycles. The Morgan fingerprint density at radius 3 is 1.02 bits per heavy atom. The van der Waals surface area contributed by atoms with Crippen molar-refractivity contribution in [2.24, 2.45) is 28.9 Å². The summed E-state index contributed by atoms with van der Waals surface area (Å²) in [5.41, 5.74) is 22.3. The van der Waals surface area contributed by atoms with Crippen LogP contribution in [0, 0.1) is 5.92 Å². The first-order chi connectivity index (χ1) is 50.5. The molecule has 0 bridgehead atoms. The normalized spacial score (nSPS) is 15.2. The molecule has 44 heteroatoms. The number of carboxylic acids is 4. The number of primary amides is 1. The van der Waals surface area contributed by atoms with Crippen molar-refractivity contribution in [1.82, 2.24) is 74.4 Å². The Labute approximate surface area is 627 Å². The molecular weight excluding hydrogens is 1450 g/mol. The van der Waals surface area contributed by atoms with Crippen LogP contribution in [0.25, 0.3) is 0 Å². The smallest absolute Gasteiger partial charge is 0.326 e. The first-order valence-corrected chi connectivity index (χ1v) is 36.2. The Morgan fingerprint density at radius 2 is 0.667 bits per heavy atom. The van der Waals surface area contributed by atoms with Crippen LogP contribution in [-0.2, 0) is 91.1 Å². The number of carbonyl (C=O) groups is 19. The number of carbonyl (C=O) groups excluding carboxylic acids is 15. The summed E-state index contributed by atoms with van der Waals surface area (Å²) in [7, 11) is 0. The van der Waals surface area contributed by atoms with Gasteiger partial charge in [-0.25, -0.2) is 4.79 Å². The van der Waals surface area contributed by atoms with Crippen molar-refractivity contribution in [3.63, 3.8) is 0 Å². The van der Waals surface area contributed by atoms with E-state index in [9.17, 15) is 117 Å². The van der Waals surface area contributed by atoms with Gasteiger partial charge in [-0.1, -0.05) is 13.8 Å². The fraction of sp³-hybridized carbons (Fsp3) is 0.703. The molecule has 0 aliphatic carbocycles. The van der Waals surface area contributed by atoms with E-state index in [4.69, 9.17) is 28.0 Å². The number of hydrogen-bond acceptors (Lipinski definition) is 25. The van der Waals surface area contributed by atoms with Crippen LogP contribution >= 0.6 is 11.8 Å². The number of thioether (sulfide) groups is 1. The van der Waals surface area contributed by atoms with Gasteiger partial charge in [0.2, 0.25) is 88.6 Å². The molecule has 15 amide bonds. The largest absolute Gasteiger partial charge is 0.481 e. The molecule has 612 valence electrons. The van der Waals surface area contributed by atoms with Crippen molar-refractivity contribution < 1.29 is 122 Å². The second-order valence-electron chi connectivity index (χ2n) is 25.8. The van der Waals surface area contributed by atoms with Crippen molar-refractivity contribution in [3.8, 4) is 0 Å². The molecular formula is C64H110N18O25S. The van der Waals surface area contributed by atoms with E-state index in [1.54, 1.807) is 20.1 Å². The lowest BCUT2D eigenvalue weighted by atomic mass is 10.0. The number of nitrogens with two attached hydrogens (primary N) is 4. The third kappa shape index (κ3) is 40.2. The number of amides is 15. The van der Waals surface area contributed by atoms with Crippen molar-refractivity contribution in [1.29, 1.82) is 0 Å². The highest BCUT2D eigenvalue weighted by Crippen LogP contribution is 2.12. The Balaban J connectivity index is 6.41. The van der Waals surface area contributed by atoms with Crippen molar-refractivity contribution in [2.45, 2.75) is 242 Å². The Bertz CT molecular complexity index is 3100.